The van der Waals surface area contributed by atoms with Gasteiger partial charge in [-0.15, -0.1) is 0 Å². The summed E-state index contributed by atoms with van der Waals surface area (Å²) in [5.41, 5.74) is 1.70. The zero-order valence-electron chi connectivity index (χ0n) is 15.6. The second-order valence-electron chi connectivity index (χ2n) is 6.01. The number of nitrogens with zero attached hydrogens (tertiary/aromatic N) is 1. The van der Waals surface area contributed by atoms with Gasteiger partial charge in [0.1, 0.15) is 12.4 Å². The molecule has 0 spiro atoms. The fourth-order valence-corrected chi connectivity index (χ4v) is 3.91. The highest BCUT2D eigenvalue weighted by Gasteiger charge is 2.38. The second kappa shape index (κ2) is 9.12. The summed E-state index contributed by atoms with van der Waals surface area (Å²) in [6.45, 7) is 4.25. The van der Waals surface area contributed by atoms with E-state index in [-0.39, 0.29) is 19.2 Å². The third-order valence-electron chi connectivity index (χ3n) is 4.30. The summed E-state index contributed by atoms with van der Waals surface area (Å²) in [7, 11) is 0. The van der Waals surface area contributed by atoms with Crippen LogP contribution in [0.2, 0.25) is 5.02 Å². The Morgan fingerprint density at radius 2 is 2.14 bits per heavy atom. The first-order valence-electron chi connectivity index (χ1n) is 8.93. The van der Waals surface area contributed by atoms with Crippen LogP contribution in [0.5, 0.6) is 5.75 Å². The molecule has 1 atom stereocenters. The largest absolute Gasteiger partial charge is 0.487 e. The van der Waals surface area contributed by atoms with Crippen molar-refractivity contribution in [2.75, 3.05) is 19.8 Å². The number of thiophene rings is 1. The highest BCUT2D eigenvalue weighted by Crippen LogP contribution is 2.33. The van der Waals surface area contributed by atoms with Crippen LogP contribution in [0.15, 0.2) is 52.4 Å². The van der Waals surface area contributed by atoms with Gasteiger partial charge in [0, 0.05) is 11.6 Å². The van der Waals surface area contributed by atoms with Crippen molar-refractivity contribution in [3.8, 4) is 5.75 Å². The molecule has 1 aromatic heterocycles. The lowest BCUT2D eigenvalue weighted by Gasteiger charge is -2.35. The SMILES string of the molecule is CCOC(=O)C1=C(COc2cccc(Cl)c2)N(CC)C(=O)N[C@@H]1c1ccsc1. The van der Waals surface area contributed by atoms with Crippen molar-refractivity contribution in [2.24, 2.45) is 0 Å². The number of ether oxygens (including phenoxy) is 2. The molecular formula is C20H21ClN2O4S. The van der Waals surface area contributed by atoms with E-state index in [9.17, 15) is 9.59 Å². The average Bonchev–Trinajstić information content (AvgIpc) is 3.20. The quantitative estimate of drug-likeness (QED) is 0.675. The highest BCUT2D eigenvalue weighted by atomic mass is 35.5. The molecule has 3 rings (SSSR count). The topological polar surface area (TPSA) is 67.9 Å². The number of carbonyl (C=O) groups excluding carboxylic acids is 2. The molecule has 0 radical (unpaired) electrons. The summed E-state index contributed by atoms with van der Waals surface area (Å²) in [4.78, 5) is 27.0. The minimum absolute atomic E-state index is 0.0381. The predicted octanol–water partition coefficient (Wildman–Crippen LogP) is 4.38. The van der Waals surface area contributed by atoms with Crippen molar-refractivity contribution < 1.29 is 19.1 Å². The van der Waals surface area contributed by atoms with E-state index >= 15 is 0 Å². The zero-order valence-corrected chi connectivity index (χ0v) is 17.2. The van der Waals surface area contributed by atoms with Crippen LogP contribution in [0.3, 0.4) is 0 Å². The molecule has 0 fully saturated rings. The molecule has 28 heavy (non-hydrogen) atoms. The lowest BCUT2D eigenvalue weighted by molar-refractivity contribution is -0.139. The van der Waals surface area contributed by atoms with E-state index in [4.69, 9.17) is 21.1 Å². The molecule has 1 N–H and O–H groups in total. The maximum Gasteiger partial charge on any atom is 0.338 e. The van der Waals surface area contributed by atoms with Crippen LogP contribution < -0.4 is 10.1 Å². The van der Waals surface area contributed by atoms with Crippen molar-refractivity contribution >= 4 is 34.9 Å². The van der Waals surface area contributed by atoms with Crippen molar-refractivity contribution in [1.82, 2.24) is 10.2 Å². The number of amides is 2. The number of halogens is 1. The molecule has 6 nitrogen and oxygen atoms in total. The summed E-state index contributed by atoms with van der Waals surface area (Å²) in [5.74, 6) is 0.0826. The molecule has 148 valence electrons. The van der Waals surface area contributed by atoms with E-state index in [2.05, 4.69) is 5.32 Å². The normalized spacial score (nSPS) is 16.8. The molecule has 0 unspecified atom stereocenters. The lowest BCUT2D eigenvalue weighted by Crippen LogP contribution is -2.49. The lowest BCUT2D eigenvalue weighted by atomic mass is 9.96. The molecule has 8 heteroatoms. The van der Waals surface area contributed by atoms with E-state index in [1.165, 1.54) is 16.2 Å². The Hall–Kier alpha value is -2.51. The van der Waals surface area contributed by atoms with Crippen LogP contribution in [0, 0.1) is 0 Å². The Morgan fingerprint density at radius 3 is 2.79 bits per heavy atom. The minimum Gasteiger partial charge on any atom is -0.487 e. The van der Waals surface area contributed by atoms with Crippen LogP contribution >= 0.6 is 22.9 Å². The van der Waals surface area contributed by atoms with Crippen molar-refractivity contribution in [3.05, 3.63) is 62.9 Å². The molecule has 1 aromatic carbocycles. The number of esters is 1. The van der Waals surface area contributed by atoms with E-state index in [0.717, 1.165) is 5.56 Å². The number of carbonyl (C=O) groups is 2. The number of urea groups is 1. The molecule has 1 aliphatic rings. The molecule has 2 amide bonds. The number of benzene rings is 1. The van der Waals surface area contributed by atoms with Crippen molar-refractivity contribution in [2.45, 2.75) is 19.9 Å². The smallest absolute Gasteiger partial charge is 0.338 e. The minimum atomic E-state index is -0.585. The Morgan fingerprint density at radius 1 is 1.32 bits per heavy atom. The van der Waals surface area contributed by atoms with E-state index in [1.54, 1.807) is 31.2 Å². The monoisotopic (exact) mass is 420 g/mol. The fraction of sp³-hybridized carbons (Fsp3) is 0.300. The van der Waals surface area contributed by atoms with Gasteiger partial charge in [0.05, 0.1) is 23.9 Å². The van der Waals surface area contributed by atoms with Gasteiger partial charge in [-0.05, 0) is 54.4 Å². The summed E-state index contributed by atoms with van der Waals surface area (Å²) < 4.78 is 11.2. The van der Waals surface area contributed by atoms with Gasteiger partial charge < -0.3 is 14.8 Å². The third kappa shape index (κ3) is 4.31. The van der Waals surface area contributed by atoms with E-state index in [0.29, 0.717) is 28.6 Å². The van der Waals surface area contributed by atoms with Gasteiger partial charge in [-0.1, -0.05) is 17.7 Å². The van der Waals surface area contributed by atoms with E-state index < -0.39 is 12.0 Å². The van der Waals surface area contributed by atoms with Gasteiger partial charge in [0.25, 0.3) is 0 Å². The van der Waals surface area contributed by atoms with Crippen LogP contribution in [-0.2, 0) is 9.53 Å². The summed E-state index contributed by atoms with van der Waals surface area (Å²) in [5, 5.41) is 7.25. The molecule has 0 saturated carbocycles. The number of rotatable bonds is 7. The van der Waals surface area contributed by atoms with Crippen LogP contribution in [0.1, 0.15) is 25.5 Å². The molecule has 0 bridgehead atoms. The first-order chi connectivity index (χ1) is 13.5. The average molecular weight is 421 g/mol. The summed E-state index contributed by atoms with van der Waals surface area (Å²) in [6.07, 6.45) is 0. The first kappa shape index (κ1) is 20.2. The maximum atomic E-state index is 12.8. The maximum absolute atomic E-state index is 12.8. The molecule has 0 aliphatic carbocycles. The highest BCUT2D eigenvalue weighted by molar-refractivity contribution is 7.08. The van der Waals surface area contributed by atoms with Gasteiger partial charge >= 0.3 is 12.0 Å². The van der Waals surface area contributed by atoms with Gasteiger partial charge in [-0.25, -0.2) is 9.59 Å². The number of hydrogen-bond donors (Lipinski definition) is 1. The van der Waals surface area contributed by atoms with Crippen LogP contribution in [0.4, 0.5) is 4.79 Å². The molecular weight excluding hydrogens is 400 g/mol. The summed E-state index contributed by atoms with van der Waals surface area (Å²) >= 11 is 7.51. The number of likely N-dealkylation sites (N-methyl/N-ethyl adjacent to an activating group) is 1. The molecule has 1 aliphatic heterocycles. The Bertz CT molecular complexity index is 882. The summed E-state index contributed by atoms with van der Waals surface area (Å²) in [6, 6.07) is 7.99. The standard InChI is InChI=1S/C20H21ClN2O4S/c1-3-23-16(11-27-15-7-5-6-14(21)10-15)17(19(24)26-4-2)18(22-20(23)25)13-8-9-28-12-13/h5-10,12,18H,3-4,11H2,1-2H3,(H,22,25)/t18-/m1/s1. The Labute approximate surface area is 172 Å². The first-order valence-corrected chi connectivity index (χ1v) is 10.3. The number of nitrogens with one attached hydrogen (secondary N) is 1. The molecule has 0 saturated heterocycles. The third-order valence-corrected chi connectivity index (χ3v) is 5.23. The van der Waals surface area contributed by atoms with Gasteiger partial charge in [0.2, 0.25) is 0 Å². The van der Waals surface area contributed by atoms with Crippen LogP contribution in [0.25, 0.3) is 0 Å². The Balaban J connectivity index is 2.02. The van der Waals surface area contributed by atoms with Gasteiger partial charge in [0.15, 0.2) is 0 Å². The van der Waals surface area contributed by atoms with Crippen molar-refractivity contribution in [3.63, 3.8) is 0 Å². The van der Waals surface area contributed by atoms with Crippen molar-refractivity contribution in [1.29, 1.82) is 0 Å². The second-order valence-corrected chi connectivity index (χ2v) is 7.23. The fourth-order valence-electron chi connectivity index (χ4n) is 3.04. The van der Waals surface area contributed by atoms with E-state index in [1.807, 2.05) is 23.8 Å². The molecule has 2 heterocycles. The Kier molecular flexibility index (Phi) is 6.59. The van der Waals surface area contributed by atoms with Gasteiger partial charge in [-0.3, -0.25) is 4.90 Å². The number of hydrogen-bond acceptors (Lipinski definition) is 5. The predicted molar refractivity (Wildman–Crippen MR) is 109 cm³/mol. The molecule has 2 aromatic rings. The van der Waals surface area contributed by atoms with Gasteiger partial charge in [-0.2, -0.15) is 11.3 Å². The zero-order chi connectivity index (χ0) is 20.1. The van der Waals surface area contributed by atoms with Crippen LogP contribution in [-0.4, -0.2) is 36.7 Å².